The fourth-order valence-corrected chi connectivity index (χ4v) is 7.58. The van der Waals surface area contributed by atoms with Crippen LogP contribution < -0.4 is 4.90 Å². The van der Waals surface area contributed by atoms with Gasteiger partial charge in [0.1, 0.15) is 0 Å². The zero-order valence-corrected chi connectivity index (χ0v) is 29.5. The Hall–Kier alpha value is -6.97. The zero-order chi connectivity index (χ0) is 35.6. The molecule has 3 heteroatoms. The molecule has 0 spiro atoms. The Morgan fingerprint density at radius 3 is 1.85 bits per heavy atom. The van der Waals surface area contributed by atoms with Crippen LogP contribution in [0.3, 0.4) is 0 Å². The Kier molecular flexibility index (Phi) is 8.43. The van der Waals surface area contributed by atoms with Gasteiger partial charge in [0.15, 0.2) is 0 Å². The molecule has 53 heavy (non-hydrogen) atoms. The molecular weight excluding hydrogens is 643 g/mol. The van der Waals surface area contributed by atoms with Crippen molar-refractivity contribution in [3.05, 3.63) is 211 Å². The molecule has 3 nitrogen and oxygen atoms in total. The van der Waals surface area contributed by atoms with Crippen LogP contribution in [0.15, 0.2) is 205 Å². The number of nitrogens with zero attached hydrogens (tertiary/aromatic N) is 3. The summed E-state index contributed by atoms with van der Waals surface area (Å²) in [6.45, 7) is 2.11. The Bertz CT molecular complexity index is 2660. The fourth-order valence-electron chi connectivity index (χ4n) is 7.58. The van der Waals surface area contributed by atoms with Crippen LogP contribution in [-0.2, 0) is 0 Å². The Labute approximate surface area is 310 Å². The largest absolute Gasteiger partial charge is 0.309 e. The molecule has 0 amide bonds. The van der Waals surface area contributed by atoms with Crippen molar-refractivity contribution in [2.24, 2.45) is 4.99 Å². The molecule has 0 atom stereocenters. The quantitative estimate of drug-likeness (QED) is 0.121. The molecule has 1 aliphatic heterocycles. The monoisotopic (exact) mass is 679 g/mol. The van der Waals surface area contributed by atoms with Gasteiger partial charge in [-0.2, -0.15) is 0 Å². The van der Waals surface area contributed by atoms with Crippen LogP contribution >= 0.6 is 0 Å². The summed E-state index contributed by atoms with van der Waals surface area (Å²) in [4.78, 5) is 7.26. The lowest BCUT2D eigenvalue weighted by Crippen LogP contribution is -2.11. The maximum Gasteiger partial charge on any atom is 0.0641 e. The van der Waals surface area contributed by atoms with Crippen molar-refractivity contribution in [3.8, 4) is 28.1 Å². The average molecular weight is 680 g/mol. The molecule has 0 aliphatic carbocycles. The molecule has 0 N–H and O–H groups in total. The summed E-state index contributed by atoms with van der Waals surface area (Å²) in [6.07, 6.45) is 6.42. The number of rotatable bonds is 7. The Morgan fingerprint density at radius 1 is 0.509 bits per heavy atom. The molecule has 0 bridgehead atoms. The van der Waals surface area contributed by atoms with Crippen LogP contribution in [0.5, 0.6) is 0 Å². The van der Waals surface area contributed by atoms with Gasteiger partial charge >= 0.3 is 0 Å². The van der Waals surface area contributed by atoms with Crippen molar-refractivity contribution in [1.82, 2.24) is 4.57 Å². The lowest BCUT2D eigenvalue weighted by Gasteiger charge is -2.27. The summed E-state index contributed by atoms with van der Waals surface area (Å²) in [5.74, 6) is 0. The first-order valence-electron chi connectivity index (χ1n) is 18.1. The number of fused-ring (bicyclic) bond motifs is 7. The second kappa shape index (κ2) is 14.0. The summed E-state index contributed by atoms with van der Waals surface area (Å²) in [5, 5.41) is 1.22. The minimum atomic E-state index is 0.922. The summed E-state index contributed by atoms with van der Waals surface area (Å²) in [7, 11) is 0. The number of hydrogen-bond donors (Lipinski definition) is 0. The predicted octanol–water partition coefficient (Wildman–Crippen LogP) is 13.6. The zero-order valence-electron chi connectivity index (χ0n) is 29.5. The highest BCUT2D eigenvalue weighted by molar-refractivity contribution is 6.14. The first kappa shape index (κ1) is 32.0. The van der Waals surface area contributed by atoms with E-state index in [1.54, 1.807) is 0 Å². The van der Waals surface area contributed by atoms with Crippen molar-refractivity contribution in [3.63, 3.8) is 0 Å². The number of aliphatic imine (C=N–C) groups is 1. The highest BCUT2D eigenvalue weighted by Crippen LogP contribution is 2.54. The van der Waals surface area contributed by atoms with Gasteiger partial charge in [0.2, 0.25) is 0 Å². The van der Waals surface area contributed by atoms with Gasteiger partial charge in [-0.25, -0.2) is 0 Å². The number of anilines is 3. The predicted molar refractivity (Wildman–Crippen MR) is 225 cm³/mol. The van der Waals surface area contributed by atoms with E-state index in [0.29, 0.717) is 0 Å². The van der Waals surface area contributed by atoms with Crippen molar-refractivity contribution >= 4 is 51.0 Å². The molecule has 9 rings (SSSR count). The van der Waals surface area contributed by atoms with Gasteiger partial charge in [0.05, 0.1) is 28.3 Å². The van der Waals surface area contributed by atoms with Crippen LogP contribution in [0.1, 0.15) is 18.1 Å². The maximum absolute atomic E-state index is 4.85. The molecule has 0 saturated carbocycles. The molecule has 2 heterocycles. The first-order chi connectivity index (χ1) is 26.3. The van der Waals surface area contributed by atoms with Crippen LogP contribution in [-0.4, -0.2) is 10.8 Å². The van der Waals surface area contributed by atoms with Crippen molar-refractivity contribution < 1.29 is 0 Å². The lowest BCUT2D eigenvalue weighted by molar-refractivity contribution is 1.13. The highest BCUT2D eigenvalue weighted by atomic mass is 15.2. The van der Waals surface area contributed by atoms with Crippen LogP contribution in [0, 0.1) is 0 Å². The minimum absolute atomic E-state index is 0.922. The smallest absolute Gasteiger partial charge is 0.0641 e. The molecule has 252 valence electrons. The van der Waals surface area contributed by atoms with E-state index in [1.165, 1.54) is 33.3 Å². The van der Waals surface area contributed by atoms with E-state index >= 15 is 0 Å². The van der Waals surface area contributed by atoms with Gasteiger partial charge in [0.25, 0.3) is 0 Å². The number of allylic oxidation sites excluding steroid dienone is 4. The van der Waals surface area contributed by atoms with Crippen molar-refractivity contribution in [1.29, 1.82) is 0 Å². The highest BCUT2D eigenvalue weighted by Gasteiger charge is 2.31. The van der Waals surface area contributed by atoms with Crippen molar-refractivity contribution in [2.75, 3.05) is 4.90 Å². The van der Waals surface area contributed by atoms with E-state index < -0.39 is 0 Å². The van der Waals surface area contributed by atoms with Crippen LogP contribution in [0.2, 0.25) is 0 Å². The number of para-hydroxylation sites is 5. The molecule has 0 saturated heterocycles. The molecule has 0 fully saturated rings. The molecule has 1 aliphatic rings. The van der Waals surface area contributed by atoms with Crippen molar-refractivity contribution in [2.45, 2.75) is 6.92 Å². The van der Waals surface area contributed by atoms with Gasteiger partial charge in [-0.15, -0.1) is 0 Å². The van der Waals surface area contributed by atoms with E-state index in [2.05, 4.69) is 186 Å². The third-order valence-electron chi connectivity index (χ3n) is 9.98. The van der Waals surface area contributed by atoms with Crippen LogP contribution in [0.25, 0.3) is 50.1 Å². The molecule has 0 radical (unpaired) electrons. The van der Waals surface area contributed by atoms with Gasteiger partial charge < -0.3 is 9.47 Å². The summed E-state index contributed by atoms with van der Waals surface area (Å²) in [5.41, 5.74) is 15.8. The standard InChI is InChI=1S/C50H37N3/c1-2-36(33-39(37-19-6-3-7-20-37)35-51-40-22-8-4-9-23-40)38-21-18-26-42(34-38)53-47-31-16-13-28-44(47)49-43-27-12-15-30-46(43)52(41-24-10-5-11-25-41)48-32-17-14-29-45(48)50(49)53/h2-35H,1H3/b36-2+,39-33+,51-35+. The lowest BCUT2D eigenvalue weighted by atomic mass is 9.98. The molecule has 7 aromatic carbocycles. The SMILES string of the molecule is C\C=C(/C=C(\C=N\c1ccccc1)c1ccccc1)c1cccc(-n2c3c(c4ccccc42)-c2ccccc2N(c2ccccc2)c2ccccc2-3)c1. The summed E-state index contributed by atoms with van der Waals surface area (Å²) < 4.78 is 2.46. The molecule has 8 aromatic rings. The van der Waals surface area contributed by atoms with E-state index in [-0.39, 0.29) is 0 Å². The van der Waals surface area contributed by atoms with E-state index in [0.717, 1.165) is 50.7 Å². The van der Waals surface area contributed by atoms with Gasteiger partial charge in [-0.3, -0.25) is 4.99 Å². The first-order valence-corrected chi connectivity index (χ1v) is 18.1. The normalized spacial score (nSPS) is 12.7. The van der Waals surface area contributed by atoms with E-state index in [9.17, 15) is 0 Å². The second-order valence-corrected chi connectivity index (χ2v) is 13.1. The molecule has 0 unspecified atom stereocenters. The third-order valence-corrected chi connectivity index (χ3v) is 9.98. The van der Waals surface area contributed by atoms with E-state index in [1.807, 2.05) is 36.5 Å². The summed E-state index contributed by atoms with van der Waals surface area (Å²) >= 11 is 0. The second-order valence-electron chi connectivity index (χ2n) is 13.1. The number of aromatic nitrogens is 1. The molecular formula is C50H37N3. The Morgan fingerprint density at radius 2 is 1.09 bits per heavy atom. The summed E-state index contributed by atoms with van der Waals surface area (Å²) in [6, 6.07) is 66.7. The van der Waals surface area contributed by atoms with Gasteiger partial charge in [-0.05, 0) is 84.3 Å². The van der Waals surface area contributed by atoms with Crippen LogP contribution in [0.4, 0.5) is 22.7 Å². The fraction of sp³-hybridized carbons (Fsp3) is 0.0200. The maximum atomic E-state index is 4.85. The number of benzene rings is 7. The average Bonchev–Trinajstić information content (AvgIpc) is 3.51. The minimum Gasteiger partial charge on any atom is -0.309 e. The Balaban J connectivity index is 1.25. The van der Waals surface area contributed by atoms with Gasteiger partial charge in [0, 0.05) is 45.2 Å². The topological polar surface area (TPSA) is 20.5 Å². The third kappa shape index (κ3) is 5.88. The van der Waals surface area contributed by atoms with E-state index in [4.69, 9.17) is 4.99 Å². The van der Waals surface area contributed by atoms with Gasteiger partial charge in [-0.1, -0.05) is 140 Å². The number of hydrogen-bond acceptors (Lipinski definition) is 2. The molecule has 1 aromatic heterocycles.